The minimum atomic E-state index is -0.0526. The van der Waals surface area contributed by atoms with Crippen molar-refractivity contribution in [3.63, 3.8) is 0 Å². The van der Waals surface area contributed by atoms with E-state index in [0.717, 1.165) is 27.8 Å². The molecule has 0 saturated carbocycles. The molecule has 4 aromatic rings. The molecule has 3 heteroatoms. The fraction of sp³-hybridized carbons (Fsp3) is 0.0417. The first-order valence-corrected chi connectivity index (χ1v) is 8.68. The van der Waals surface area contributed by atoms with Gasteiger partial charge in [-0.2, -0.15) is 0 Å². The van der Waals surface area contributed by atoms with Gasteiger partial charge in [0.25, 0.3) is 0 Å². The Morgan fingerprint density at radius 2 is 1.67 bits per heavy atom. The Balaban J connectivity index is 1.51. The quantitative estimate of drug-likeness (QED) is 0.326. The zero-order valence-corrected chi connectivity index (χ0v) is 14.9. The number of allylic oxidation sites excluding steroid dienone is 1. The van der Waals surface area contributed by atoms with Crippen LogP contribution < -0.4 is 4.74 Å². The van der Waals surface area contributed by atoms with Crippen LogP contribution in [0, 0.1) is 0 Å². The summed E-state index contributed by atoms with van der Waals surface area (Å²) >= 11 is 0. The molecule has 4 rings (SSSR count). The SMILES string of the molecule is COc1ccc(-c2ccc(/C=C/C(=O)c3ccc4ccccc4c3)o2)cc1. The number of hydrogen-bond donors (Lipinski definition) is 0. The highest BCUT2D eigenvalue weighted by molar-refractivity contribution is 6.08. The second-order valence-electron chi connectivity index (χ2n) is 6.19. The van der Waals surface area contributed by atoms with Crippen molar-refractivity contribution in [1.82, 2.24) is 0 Å². The molecule has 0 atom stereocenters. The third kappa shape index (κ3) is 3.67. The summed E-state index contributed by atoms with van der Waals surface area (Å²) in [7, 11) is 1.64. The average molecular weight is 354 g/mol. The summed E-state index contributed by atoms with van der Waals surface area (Å²) < 4.78 is 11.0. The Morgan fingerprint density at radius 3 is 2.44 bits per heavy atom. The number of ketones is 1. The molecule has 132 valence electrons. The van der Waals surface area contributed by atoms with Crippen LogP contribution in [0.15, 0.2) is 89.4 Å². The van der Waals surface area contributed by atoms with Crippen LogP contribution in [-0.2, 0) is 0 Å². The number of carbonyl (C=O) groups excluding carboxylic acids is 1. The van der Waals surface area contributed by atoms with Crippen molar-refractivity contribution in [2.75, 3.05) is 7.11 Å². The summed E-state index contributed by atoms with van der Waals surface area (Å²) in [5.41, 5.74) is 1.61. The number of rotatable bonds is 5. The van der Waals surface area contributed by atoms with Gasteiger partial charge in [0.2, 0.25) is 0 Å². The fourth-order valence-electron chi connectivity index (χ4n) is 2.95. The van der Waals surface area contributed by atoms with Gasteiger partial charge in [-0.25, -0.2) is 0 Å². The van der Waals surface area contributed by atoms with Crippen LogP contribution in [-0.4, -0.2) is 12.9 Å². The number of carbonyl (C=O) groups is 1. The van der Waals surface area contributed by atoms with Crippen molar-refractivity contribution < 1.29 is 13.9 Å². The van der Waals surface area contributed by atoms with Crippen LogP contribution in [0.1, 0.15) is 16.1 Å². The average Bonchev–Trinajstić information content (AvgIpc) is 3.21. The van der Waals surface area contributed by atoms with Crippen LogP contribution in [0.5, 0.6) is 5.75 Å². The van der Waals surface area contributed by atoms with Crippen molar-refractivity contribution >= 4 is 22.6 Å². The van der Waals surface area contributed by atoms with Gasteiger partial charge in [-0.05, 0) is 65.4 Å². The lowest BCUT2D eigenvalue weighted by atomic mass is 10.0. The van der Waals surface area contributed by atoms with E-state index in [2.05, 4.69) is 0 Å². The molecule has 0 saturated heterocycles. The first kappa shape index (κ1) is 16.9. The Morgan fingerprint density at radius 1 is 0.889 bits per heavy atom. The first-order valence-electron chi connectivity index (χ1n) is 8.68. The lowest BCUT2D eigenvalue weighted by Crippen LogP contribution is -1.93. The third-order valence-corrected chi connectivity index (χ3v) is 4.43. The van der Waals surface area contributed by atoms with E-state index in [1.165, 1.54) is 0 Å². The second kappa shape index (κ2) is 7.34. The van der Waals surface area contributed by atoms with Gasteiger partial charge in [-0.3, -0.25) is 4.79 Å². The Labute approximate surface area is 157 Å². The van der Waals surface area contributed by atoms with E-state index in [9.17, 15) is 4.79 Å². The normalized spacial score (nSPS) is 11.1. The summed E-state index contributed by atoms with van der Waals surface area (Å²) in [6, 6.07) is 25.1. The zero-order chi connectivity index (χ0) is 18.6. The van der Waals surface area contributed by atoms with Gasteiger partial charge in [-0.15, -0.1) is 0 Å². The number of methoxy groups -OCH3 is 1. The molecule has 3 aromatic carbocycles. The van der Waals surface area contributed by atoms with Crippen molar-refractivity contribution in [3.05, 3.63) is 96.3 Å². The predicted octanol–water partition coefficient (Wildman–Crippen LogP) is 6.00. The monoisotopic (exact) mass is 354 g/mol. The molecule has 3 nitrogen and oxygen atoms in total. The Bertz CT molecular complexity index is 1120. The lowest BCUT2D eigenvalue weighted by Gasteiger charge is -2.01. The summed E-state index contributed by atoms with van der Waals surface area (Å²) in [4.78, 5) is 12.5. The summed E-state index contributed by atoms with van der Waals surface area (Å²) in [6.07, 6.45) is 3.24. The molecule has 1 heterocycles. The molecule has 0 radical (unpaired) electrons. The lowest BCUT2D eigenvalue weighted by molar-refractivity contribution is 0.104. The number of ether oxygens (including phenoxy) is 1. The molecular weight excluding hydrogens is 336 g/mol. The van der Waals surface area contributed by atoms with Gasteiger partial charge in [0.1, 0.15) is 17.3 Å². The molecule has 27 heavy (non-hydrogen) atoms. The molecule has 0 fully saturated rings. The highest BCUT2D eigenvalue weighted by Crippen LogP contribution is 2.25. The maximum Gasteiger partial charge on any atom is 0.185 e. The maximum absolute atomic E-state index is 12.5. The summed E-state index contributed by atoms with van der Waals surface area (Å²) in [6.45, 7) is 0. The largest absolute Gasteiger partial charge is 0.497 e. The first-order chi connectivity index (χ1) is 13.2. The second-order valence-corrected chi connectivity index (χ2v) is 6.19. The number of fused-ring (bicyclic) bond motifs is 1. The Kier molecular flexibility index (Phi) is 4.58. The van der Waals surface area contributed by atoms with Gasteiger partial charge in [0.05, 0.1) is 7.11 Å². The molecule has 0 unspecified atom stereocenters. The fourth-order valence-corrected chi connectivity index (χ4v) is 2.95. The summed E-state index contributed by atoms with van der Waals surface area (Å²) in [5.74, 6) is 2.12. The van der Waals surface area contributed by atoms with Crippen molar-refractivity contribution in [3.8, 4) is 17.1 Å². The number of hydrogen-bond acceptors (Lipinski definition) is 3. The van der Waals surface area contributed by atoms with Crippen molar-refractivity contribution in [2.24, 2.45) is 0 Å². The smallest absolute Gasteiger partial charge is 0.185 e. The molecule has 0 bridgehead atoms. The summed E-state index contributed by atoms with van der Waals surface area (Å²) in [5, 5.41) is 2.17. The van der Waals surface area contributed by atoms with Gasteiger partial charge >= 0.3 is 0 Å². The standard InChI is InChI=1S/C24H18O3/c1-26-21-10-8-18(9-11-21)24-15-13-22(27-24)12-14-23(25)20-7-6-17-4-2-3-5-19(17)16-20/h2-16H,1H3/b14-12+. The highest BCUT2D eigenvalue weighted by Gasteiger charge is 2.06. The van der Waals surface area contributed by atoms with Gasteiger partial charge in [0.15, 0.2) is 5.78 Å². The minimum absolute atomic E-state index is 0.0526. The predicted molar refractivity (Wildman–Crippen MR) is 108 cm³/mol. The van der Waals surface area contributed by atoms with E-state index in [1.807, 2.05) is 78.9 Å². The Hall–Kier alpha value is -3.59. The maximum atomic E-state index is 12.5. The minimum Gasteiger partial charge on any atom is -0.497 e. The van der Waals surface area contributed by atoms with E-state index in [0.29, 0.717) is 11.3 Å². The van der Waals surface area contributed by atoms with Crippen molar-refractivity contribution in [2.45, 2.75) is 0 Å². The third-order valence-electron chi connectivity index (χ3n) is 4.43. The molecule has 0 amide bonds. The molecule has 0 aliphatic carbocycles. The van der Waals surface area contributed by atoms with Crippen LogP contribution in [0.3, 0.4) is 0 Å². The van der Waals surface area contributed by atoms with E-state index in [1.54, 1.807) is 19.3 Å². The van der Waals surface area contributed by atoms with Crippen LogP contribution in [0.2, 0.25) is 0 Å². The van der Waals surface area contributed by atoms with E-state index >= 15 is 0 Å². The van der Waals surface area contributed by atoms with Crippen LogP contribution >= 0.6 is 0 Å². The van der Waals surface area contributed by atoms with Crippen LogP contribution in [0.4, 0.5) is 0 Å². The van der Waals surface area contributed by atoms with Gasteiger partial charge in [-0.1, -0.05) is 36.4 Å². The zero-order valence-electron chi connectivity index (χ0n) is 14.9. The number of furan rings is 1. The van der Waals surface area contributed by atoms with Crippen LogP contribution in [0.25, 0.3) is 28.2 Å². The highest BCUT2D eigenvalue weighted by atomic mass is 16.5. The van der Waals surface area contributed by atoms with Gasteiger partial charge < -0.3 is 9.15 Å². The van der Waals surface area contributed by atoms with E-state index < -0.39 is 0 Å². The van der Waals surface area contributed by atoms with Gasteiger partial charge in [0, 0.05) is 11.1 Å². The molecular formula is C24H18O3. The van der Waals surface area contributed by atoms with E-state index in [4.69, 9.17) is 9.15 Å². The molecule has 0 aliphatic rings. The molecule has 1 aromatic heterocycles. The topological polar surface area (TPSA) is 39.4 Å². The molecule has 0 N–H and O–H groups in total. The van der Waals surface area contributed by atoms with Crippen molar-refractivity contribution in [1.29, 1.82) is 0 Å². The molecule has 0 spiro atoms. The van der Waals surface area contributed by atoms with E-state index in [-0.39, 0.29) is 5.78 Å². The number of benzene rings is 3. The molecule has 0 aliphatic heterocycles.